The van der Waals surface area contributed by atoms with E-state index in [0.29, 0.717) is 17.1 Å². The van der Waals surface area contributed by atoms with E-state index in [1.165, 1.54) is 28.9 Å². The minimum atomic E-state index is -3.40. The molecule has 0 saturated heterocycles. The summed E-state index contributed by atoms with van der Waals surface area (Å²) in [5.41, 5.74) is 1.63. The summed E-state index contributed by atoms with van der Waals surface area (Å²) in [5.74, 6) is -3.23. The molecule has 0 heterocycles. The second kappa shape index (κ2) is 9.94. The molecule has 2 saturated carbocycles. The largest absolute Gasteiger partial charge is 0.305 e. The molecule has 0 aliphatic heterocycles. The van der Waals surface area contributed by atoms with Gasteiger partial charge in [-0.15, -0.1) is 0 Å². The number of hydrogen-bond acceptors (Lipinski definition) is 4. The molecule has 0 spiro atoms. The van der Waals surface area contributed by atoms with E-state index in [-0.39, 0.29) is 28.0 Å². The van der Waals surface area contributed by atoms with Gasteiger partial charge in [-0.1, -0.05) is 24.3 Å². The lowest BCUT2D eigenvalue weighted by Crippen LogP contribution is -2.53. The topological polar surface area (TPSA) is 74.8 Å². The fraction of sp³-hybridized carbons (Fsp3) is 0.310. The van der Waals surface area contributed by atoms with Crippen LogP contribution in [0, 0.1) is 5.92 Å². The zero-order valence-corrected chi connectivity index (χ0v) is 21.7. The third-order valence-corrected chi connectivity index (χ3v) is 8.86. The second-order valence-corrected chi connectivity index (χ2v) is 12.1. The van der Waals surface area contributed by atoms with Gasteiger partial charge in [-0.2, -0.15) is 0 Å². The van der Waals surface area contributed by atoms with Gasteiger partial charge in [0.2, 0.25) is 5.91 Å². The third kappa shape index (κ3) is 5.48. The lowest BCUT2D eigenvalue weighted by atomic mass is 9.86. The molecule has 3 aromatic rings. The quantitative estimate of drug-likeness (QED) is 0.353. The van der Waals surface area contributed by atoms with E-state index in [2.05, 4.69) is 0 Å². The van der Waals surface area contributed by atoms with E-state index in [4.69, 9.17) is 0 Å². The van der Waals surface area contributed by atoms with Gasteiger partial charge in [0, 0.05) is 48.4 Å². The van der Waals surface area contributed by atoms with Crippen molar-refractivity contribution in [3.8, 4) is 0 Å². The molecule has 9 heteroatoms. The number of anilines is 3. The van der Waals surface area contributed by atoms with Gasteiger partial charge in [-0.25, -0.2) is 17.2 Å². The minimum Gasteiger partial charge on any atom is -0.305 e. The summed E-state index contributed by atoms with van der Waals surface area (Å²) in [6, 6.07) is 20.6. The standard InChI is InChI=1S/C29H28F2N2O4S/c1-20(34)32(24-12-14-27(15-13-24)38(36,37)19-21-10-11-21)25-9-5-6-22(16-25)28(35)33(23-7-3-2-4-8-23)26-17-29(30,31)18-26/h2-9,12-16,21,26H,10-11,17-19H2,1H3. The Morgan fingerprint density at radius 3 is 2.08 bits per heavy atom. The lowest BCUT2D eigenvalue weighted by Gasteiger charge is -2.42. The first-order valence-electron chi connectivity index (χ1n) is 12.5. The van der Waals surface area contributed by atoms with Crippen LogP contribution in [-0.2, 0) is 14.6 Å². The maximum Gasteiger partial charge on any atom is 0.258 e. The van der Waals surface area contributed by atoms with Crippen molar-refractivity contribution in [2.75, 3.05) is 15.6 Å². The molecule has 0 atom stereocenters. The minimum absolute atomic E-state index is 0.123. The summed E-state index contributed by atoms with van der Waals surface area (Å²) in [7, 11) is -3.40. The van der Waals surface area contributed by atoms with E-state index >= 15 is 0 Å². The zero-order valence-electron chi connectivity index (χ0n) is 20.9. The highest BCUT2D eigenvalue weighted by Crippen LogP contribution is 2.42. The van der Waals surface area contributed by atoms with Crippen LogP contribution in [0.25, 0.3) is 0 Å². The Bertz CT molecular complexity index is 1450. The maximum absolute atomic E-state index is 13.7. The Morgan fingerprint density at radius 1 is 0.868 bits per heavy atom. The Hall–Kier alpha value is -3.59. The van der Waals surface area contributed by atoms with Crippen molar-refractivity contribution in [1.82, 2.24) is 0 Å². The van der Waals surface area contributed by atoms with Crippen LogP contribution >= 0.6 is 0 Å². The van der Waals surface area contributed by atoms with E-state index in [0.717, 1.165) is 12.8 Å². The van der Waals surface area contributed by atoms with E-state index < -0.39 is 40.6 Å². The second-order valence-electron chi connectivity index (χ2n) is 10.1. The summed E-state index contributed by atoms with van der Waals surface area (Å²) < 4.78 is 52.7. The fourth-order valence-corrected chi connectivity index (χ4v) is 6.52. The first-order valence-corrected chi connectivity index (χ1v) is 14.2. The van der Waals surface area contributed by atoms with E-state index in [1.807, 2.05) is 0 Å². The van der Waals surface area contributed by atoms with Gasteiger partial charge in [0.1, 0.15) is 0 Å². The summed E-state index contributed by atoms with van der Waals surface area (Å²) >= 11 is 0. The number of benzene rings is 3. The number of nitrogens with zero attached hydrogens (tertiary/aromatic N) is 2. The van der Waals surface area contributed by atoms with Crippen molar-refractivity contribution < 1.29 is 26.8 Å². The predicted molar refractivity (Wildman–Crippen MR) is 142 cm³/mol. The average molecular weight is 539 g/mol. The van der Waals surface area contributed by atoms with Gasteiger partial charge in [-0.3, -0.25) is 14.5 Å². The molecule has 2 aliphatic rings. The molecule has 6 nitrogen and oxygen atoms in total. The van der Waals surface area contributed by atoms with Gasteiger partial charge in [0.25, 0.3) is 11.8 Å². The number of carbonyl (C=O) groups excluding carboxylic acids is 2. The number of carbonyl (C=O) groups is 2. The monoisotopic (exact) mass is 538 g/mol. The lowest BCUT2D eigenvalue weighted by molar-refractivity contribution is -0.115. The van der Waals surface area contributed by atoms with Crippen molar-refractivity contribution in [2.24, 2.45) is 5.92 Å². The van der Waals surface area contributed by atoms with Crippen molar-refractivity contribution in [3.05, 3.63) is 84.4 Å². The van der Waals surface area contributed by atoms with Gasteiger partial charge in [0.05, 0.1) is 10.6 Å². The summed E-state index contributed by atoms with van der Waals surface area (Å²) in [4.78, 5) is 29.3. The molecule has 0 unspecified atom stereocenters. The van der Waals surface area contributed by atoms with E-state index in [1.54, 1.807) is 66.7 Å². The van der Waals surface area contributed by atoms with Crippen molar-refractivity contribution in [3.63, 3.8) is 0 Å². The van der Waals surface area contributed by atoms with Gasteiger partial charge >= 0.3 is 0 Å². The molecule has 2 amide bonds. The number of amides is 2. The first-order chi connectivity index (χ1) is 18.0. The number of hydrogen-bond donors (Lipinski definition) is 0. The number of rotatable bonds is 8. The smallest absolute Gasteiger partial charge is 0.258 e. The molecule has 2 aliphatic carbocycles. The van der Waals surface area contributed by atoms with Crippen molar-refractivity contribution in [1.29, 1.82) is 0 Å². The maximum atomic E-state index is 13.7. The van der Waals surface area contributed by atoms with Crippen LogP contribution in [0.2, 0.25) is 0 Å². The summed E-state index contributed by atoms with van der Waals surface area (Å²) in [6.07, 6.45) is 1.02. The Labute approximate surface area is 220 Å². The van der Waals surface area contributed by atoms with E-state index in [9.17, 15) is 26.8 Å². The van der Waals surface area contributed by atoms with Crippen LogP contribution in [-0.4, -0.2) is 37.9 Å². The first kappa shape index (κ1) is 26.0. The van der Waals surface area contributed by atoms with Gasteiger partial charge in [-0.05, 0) is 73.4 Å². The van der Waals surface area contributed by atoms with Crippen molar-refractivity contribution in [2.45, 2.75) is 49.5 Å². The third-order valence-electron chi connectivity index (χ3n) is 6.96. The number of para-hydroxylation sites is 1. The molecular formula is C29H28F2N2O4S. The fourth-order valence-electron chi connectivity index (χ4n) is 4.82. The SMILES string of the molecule is CC(=O)N(c1ccc(S(=O)(=O)CC2CC2)cc1)c1cccc(C(=O)N(c2ccccc2)C2CC(F)(F)C2)c1. The Kier molecular flexibility index (Phi) is 6.81. The van der Waals surface area contributed by atoms with Crippen LogP contribution in [0.15, 0.2) is 83.8 Å². The number of halogens is 2. The van der Waals surface area contributed by atoms with Crippen molar-refractivity contribution >= 4 is 38.7 Å². The number of alkyl halides is 2. The summed E-state index contributed by atoms with van der Waals surface area (Å²) in [5, 5.41) is 0. The van der Waals surface area contributed by atoms with Crippen LogP contribution in [0.4, 0.5) is 25.8 Å². The average Bonchev–Trinajstić information content (AvgIpc) is 3.67. The molecular weight excluding hydrogens is 510 g/mol. The molecule has 0 aromatic heterocycles. The van der Waals surface area contributed by atoms with Crippen LogP contribution < -0.4 is 9.80 Å². The van der Waals surface area contributed by atoms with Crippen LogP contribution in [0.5, 0.6) is 0 Å². The normalized spacial score (nSPS) is 16.9. The molecule has 2 fully saturated rings. The molecule has 0 radical (unpaired) electrons. The van der Waals surface area contributed by atoms with Gasteiger partial charge in [0.15, 0.2) is 9.84 Å². The van der Waals surface area contributed by atoms with Crippen LogP contribution in [0.3, 0.4) is 0 Å². The highest BCUT2D eigenvalue weighted by Gasteiger charge is 2.49. The highest BCUT2D eigenvalue weighted by atomic mass is 32.2. The summed E-state index contributed by atoms with van der Waals surface area (Å²) in [6.45, 7) is 1.37. The molecule has 38 heavy (non-hydrogen) atoms. The zero-order chi connectivity index (χ0) is 27.1. The molecule has 0 N–H and O–H groups in total. The van der Waals surface area contributed by atoms with Gasteiger partial charge < -0.3 is 4.90 Å². The molecule has 5 rings (SSSR count). The molecule has 0 bridgehead atoms. The Balaban J connectivity index is 1.44. The Morgan fingerprint density at radius 2 is 1.50 bits per heavy atom. The van der Waals surface area contributed by atoms with Crippen LogP contribution in [0.1, 0.15) is 43.0 Å². The molecule has 198 valence electrons. The molecule has 3 aromatic carbocycles. The predicted octanol–water partition coefficient (Wildman–Crippen LogP) is 6.00. The number of sulfone groups is 1. The highest BCUT2D eigenvalue weighted by molar-refractivity contribution is 7.91.